The van der Waals surface area contributed by atoms with E-state index in [1.807, 2.05) is 4.90 Å². The summed E-state index contributed by atoms with van der Waals surface area (Å²) >= 11 is 0. The van der Waals surface area contributed by atoms with Gasteiger partial charge < -0.3 is 15.0 Å². The molecule has 1 amide bonds. The summed E-state index contributed by atoms with van der Waals surface area (Å²) in [6.45, 7) is 4.74. The lowest BCUT2D eigenvalue weighted by Crippen LogP contribution is -2.35. The van der Waals surface area contributed by atoms with Gasteiger partial charge in [0.2, 0.25) is 5.95 Å². The summed E-state index contributed by atoms with van der Waals surface area (Å²) in [4.78, 5) is 23.1. The lowest BCUT2D eigenvalue weighted by atomic mass is 9.80. The molecular formula is C21H24F2N4O2. The van der Waals surface area contributed by atoms with Crippen LogP contribution in [0.2, 0.25) is 0 Å². The molecule has 1 aromatic carbocycles. The maximum absolute atomic E-state index is 13.9. The van der Waals surface area contributed by atoms with Crippen molar-refractivity contribution in [2.75, 3.05) is 31.6 Å². The van der Waals surface area contributed by atoms with Crippen molar-refractivity contribution in [3.05, 3.63) is 53.4 Å². The Kier molecular flexibility index (Phi) is 5.45. The second-order valence-corrected chi connectivity index (χ2v) is 7.92. The van der Waals surface area contributed by atoms with Crippen LogP contribution in [0.3, 0.4) is 0 Å². The van der Waals surface area contributed by atoms with Crippen molar-refractivity contribution in [3.63, 3.8) is 0 Å². The van der Waals surface area contributed by atoms with Gasteiger partial charge in [-0.05, 0) is 37.7 Å². The molecule has 1 atom stereocenters. The quantitative estimate of drug-likeness (QED) is 0.847. The minimum atomic E-state index is -0.632. The number of rotatable bonds is 4. The van der Waals surface area contributed by atoms with Crippen molar-refractivity contribution in [3.8, 4) is 0 Å². The third kappa shape index (κ3) is 4.22. The molecule has 0 bridgehead atoms. The Morgan fingerprint density at radius 3 is 2.62 bits per heavy atom. The first-order valence-corrected chi connectivity index (χ1v) is 9.86. The van der Waals surface area contributed by atoms with E-state index in [0.717, 1.165) is 51.6 Å². The molecule has 6 nitrogen and oxygen atoms in total. The van der Waals surface area contributed by atoms with Crippen LogP contribution < -0.4 is 5.32 Å². The molecular weight excluding hydrogens is 378 g/mol. The monoisotopic (exact) mass is 402 g/mol. The van der Waals surface area contributed by atoms with E-state index in [4.69, 9.17) is 4.74 Å². The fourth-order valence-corrected chi connectivity index (χ4v) is 4.14. The molecule has 0 unspecified atom stereocenters. The summed E-state index contributed by atoms with van der Waals surface area (Å²) < 4.78 is 32.4. The number of anilines is 1. The first kappa shape index (κ1) is 19.7. The minimum absolute atomic E-state index is 0.0717. The molecule has 1 N–H and O–H groups in total. The SMILES string of the molecule is C[C@H](Nc1ncc(C(=O)N2CCC3(CCOCC3)C2)cn1)c1ccc(F)cc1F. The van der Waals surface area contributed by atoms with Crippen molar-refractivity contribution in [2.24, 2.45) is 5.41 Å². The van der Waals surface area contributed by atoms with Crippen LogP contribution in [-0.4, -0.2) is 47.1 Å². The van der Waals surface area contributed by atoms with Gasteiger partial charge >= 0.3 is 0 Å². The van der Waals surface area contributed by atoms with Crippen LogP contribution in [-0.2, 0) is 4.74 Å². The molecule has 0 saturated carbocycles. The Hall–Kier alpha value is -2.61. The number of carbonyl (C=O) groups excluding carboxylic acids is 1. The van der Waals surface area contributed by atoms with Gasteiger partial charge in [-0.2, -0.15) is 0 Å². The number of likely N-dealkylation sites (tertiary alicyclic amines) is 1. The van der Waals surface area contributed by atoms with Gasteiger partial charge in [0.05, 0.1) is 11.6 Å². The number of hydrogen-bond donors (Lipinski definition) is 1. The molecule has 3 heterocycles. The summed E-state index contributed by atoms with van der Waals surface area (Å²) in [5.41, 5.74) is 0.930. The Morgan fingerprint density at radius 1 is 1.21 bits per heavy atom. The lowest BCUT2D eigenvalue weighted by Gasteiger charge is -2.33. The molecule has 0 aliphatic carbocycles. The molecule has 29 heavy (non-hydrogen) atoms. The number of carbonyl (C=O) groups is 1. The van der Waals surface area contributed by atoms with Crippen molar-refractivity contribution in [1.29, 1.82) is 0 Å². The highest BCUT2D eigenvalue weighted by atomic mass is 19.1. The normalized spacial score (nSPS) is 19.3. The van der Waals surface area contributed by atoms with Crippen LogP contribution in [0.5, 0.6) is 0 Å². The topological polar surface area (TPSA) is 67.4 Å². The number of benzene rings is 1. The molecule has 2 aliphatic rings. The van der Waals surface area contributed by atoms with Gasteiger partial charge in [-0.15, -0.1) is 0 Å². The van der Waals surface area contributed by atoms with Crippen LogP contribution in [0.15, 0.2) is 30.6 Å². The smallest absolute Gasteiger partial charge is 0.257 e. The number of aromatic nitrogens is 2. The van der Waals surface area contributed by atoms with Crippen LogP contribution in [0, 0.1) is 17.0 Å². The number of halogens is 2. The molecule has 0 radical (unpaired) electrons. The van der Waals surface area contributed by atoms with E-state index in [2.05, 4.69) is 15.3 Å². The molecule has 4 rings (SSSR count). The van der Waals surface area contributed by atoms with Crippen LogP contribution in [0.1, 0.15) is 48.1 Å². The molecule has 1 aromatic heterocycles. The standard InChI is InChI=1S/C21H24F2N4O2/c1-14(17-3-2-16(22)10-18(17)23)26-20-24-11-15(12-25-20)19(28)27-7-4-21(13-27)5-8-29-9-6-21/h2-3,10-12,14H,4-9,13H2,1H3,(H,24,25,26)/t14-/m0/s1. The zero-order valence-corrected chi connectivity index (χ0v) is 16.3. The van der Waals surface area contributed by atoms with Gasteiger partial charge in [0.15, 0.2) is 0 Å². The van der Waals surface area contributed by atoms with Gasteiger partial charge in [0.1, 0.15) is 11.6 Å². The van der Waals surface area contributed by atoms with E-state index < -0.39 is 17.7 Å². The fraction of sp³-hybridized carbons (Fsp3) is 0.476. The van der Waals surface area contributed by atoms with Crippen LogP contribution in [0.25, 0.3) is 0 Å². The predicted octanol–water partition coefficient (Wildman–Crippen LogP) is 3.57. The zero-order valence-electron chi connectivity index (χ0n) is 16.3. The number of hydrogen-bond acceptors (Lipinski definition) is 5. The van der Waals surface area contributed by atoms with E-state index in [-0.39, 0.29) is 17.3 Å². The first-order valence-electron chi connectivity index (χ1n) is 9.86. The maximum atomic E-state index is 13.9. The summed E-state index contributed by atoms with van der Waals surface area (Å²) in [5.74, 6) is -1.05. The summed E-state index contributed by atoms with van der Waals surface area (Å²) in [7, 11) is 0. The summed E-state index contributed by atoms with van der Waals surface area (Å²) in [6, 6.07) is 2.99. The van der Waals surface area contributed by atoms with Crippen molar-refractivity contribution >= 4 is 11.9 Å². The molecule has 2 saturated heterocycles. The van der Waals surface area contributed by atoms with Gasteiger partial charge in [0, 0.05) is 50.3 Å². The minimum Gasteiger partial charge on any atom is -0.381 e. The van der Waals surface area contributed by atoms with E-state index in [0.29, 0.717) is 11.1 Å². The molecule has 8 heteroatoms. The third-order valence-corrected chi connectivity index (χ3v) is 5.95. The summed E-state index contributed by atoms with van der Waals surface area (Å²) in [5, 5.41) is 2.98. The molecule has 2 aromatic rings. The Balaban J connectivity index is 1.39. The highest BCUT2D eigenvalue weighted by Crippen LogP contribution is 2.40. The molecule has 2 aliphatic heterocycles. The maximum Gasteiger partial charge on any atom is 0.257 e. The molecule has 154 valence electrons. The van der Waals surface area contributed by atoms with Crippen molar-refractivity contribution in [1.82, 2.24) is 14.9 Å². The number of nitrogens with one attached hydrogen (secondary N) is 1. The zero-order chi connectivity index (χ0) is 20.4. The van der Waals surface area contributed by atoms with Gasteiger partial charge in [0.25, 0.3) is 5.91 Å². The van der Waals surface area contributed by atoms with Gasteiger partial charge in [-0.3, -0.25) is 4.79 Å². The molecule has 1 spiro atoms. The fourth-order valence-electron chi connectivity index (χ4n) is 4.14. The number of ether oxygens (including phenoxy) is 1. The van der Waals surface area contributed by atoms with Gasteiger partial charge in [-0.1, -0.05) is 6.07 Å². The first-order chi connectivity index (χ1) is 14.0. The average Bonchev–Trinajstić information content (AvgIpc) is 3.11. The molecule has 2 fully saturated rings. The second-order valence-electron chi connectivity index (χ2n) is 7.92. The van der Waals surface area contributed by atoms with Crippen molar-refractivity contribution < 1.29 is 18.3 Å². The Labute approximate surface area is 168 Å². The highest BCUT2D eigenvalue weighted by molar-refractivity contribution is 5.94. The van der Waals surface area contributed by atoms with E-state index in [9.17, 15) is 13.6 Å². The summed E-state index contributed by atoms with van der Waals surface area (Å²) in [6.07, 6.45) is 5.96. The van der Waals surface area contributed by atoms with Crippen LogP contribution in [0.4, 0.5) is 14.7 Å². The number of amides is 1. The average molecular weight is 402 g/mol. The van der Waals surface area contributed by atoms with E-state index >= 15 is 0 Å². The lowest BCUT2D eigenvalue weighted by molar-refractivity contribution is 0.0191. The number of nitrogens with zero attached hydrogens (tertiary/aromatic N) is 3. The predicted molar refractivity (Wildman–Crippen MR) is 103 cm³/mol. The third-order valence-electron chi connectivity index (χ3n) is 5.95. The van der Waals surface area contributed by atoms with Crippen LogP contribution >= 0.6 is 0 Å². The van der Waals surface area contributed by atoms with Crippen molar-refractivity contribution in [2.45, 2.75) is 32.2 Å². The van der Waals surface area contributed by atoms with E-state index in [1.54, 1.807) is 6.92 Å². The van der Waals surface area contributed by atoms with E-state index in [1.165, 1.54) is 24.5 Å². The van der Waals surface area contributed by atoms with Gasteiger partial charge in [-0.25, -0.2) is 18.7 Å². The highest BCUT2D eigenvalue weighted by Gasteiger charge is 2.41. The largest absolute Gasteiger partial charge is 0.381 e. The Bertz CT molecular complexity index is 885. The Morgan fingerprint density at radius 2 is 1.93 bits per heavy atom. The second kappa shape index (κ2) is 8.02.